The maximum absolute atomic E-state index is 10.8. The molecule has 0 spiro atoms. The maximum Gasteiger partial charge on any atom is 0.298 e. The highest BCUT2D eigenvalue weighted by atomic mass is 16.6. The highest BCUT2D eigenvalue weighted by Gasteiger charge is 2.18. The Labute approximate surface area is 104 Å². The number of nitrogens with one attached hydrogen (secondary N) is 1. The minimum Gasteiger partial charge on any atom is -0.423 e. The summed E-state index contributed by atoms with van der Waals surface area (Å²) in [6.45, 7) is 6.90. The normalized spacial score (nSPS) is 11.7. The third-order valence-corrected chi connectivity index (χ3v) is 2.36. The number of hydrogen-bond acceptors (Lipinski definition) is 5. The number of nitro benzene ring substituents is 1. The molecule has 2 aromatic rings. The fourth-order valence-corrected chi connectivity index (χ4v) is 1.50. The van der Waals surface area contributed by atoms with Crippen LogP contribution in [0.1, 0.15) is 20.8 Å². The van der Waals surface area contributed by atoms with Crippen molar-refractivity contribution in [2.24, 2.45) is 5.41 Å². The predicted octanol–water partition coefficient (Wildman–Crippen LogP) is 3.19. The molecule has 0 radical (unpaired) electrons. The maximum atomic E-state index is 10.8. The summed E-state index contributed by atoms with van der Waals surface area (Å²) in [7, 11) is 0. The fraction of sp³-hybridized carbons (Fsp3) is 0.417. The van der Waals surface area contributed by atoms with Crippen LogP contribution in [0.25, 0.3) is 11.1 Å². The van der Waals surface area contributed by atoms with E-state index < -0.39 is 4.92 Å². The van der Waals surface area contributed by atoms with Crippen LogP contribution in [-0.4, -0.2) is 16.5 Å². The Morgan fingerprint density at radius 2 is 2.17 bits per heavy atom. The molecule has 0 fully saturated rings. The van der Waals surface area contributed by atoms with Crippen LogP contribution in [0, 0.1) is 15.5 Å². The number of rotatable bonds is 3. The summed E-state index contributed by atoms with van der Waals surface area (Å²) in [5.74, 6) is 0. The monoisotopic (exact) mass is 249 g/mol. The molecule has 0 bridgehead atoms. The molecule has 6 heteroatoms. The summed E-state index contributed by atoms with van der Waals surface area (Å²) in [5, 5.41) is 13.9. The number of anilines is 1. The molecule has 0 amide bonds. The first-order chi connectivity index (χ1) is 8.37. The standard InChI is InChI=1S/C12H15N3O3/c1-12(2,3)7-13-11-14-10-8(15(16)17)5-4-6-9(10)18-11/h4-6H,7H2,1-3H3,(H,13,14). The molecule has 0 aliphatic heterocycles. The Balaban J connectivity index is 2.33. The molecule has 0 saturated heterocycles. The fourth-order valence-electron chi connectivity index (χ4n) is 1.50. The Bertz CT molecular complexity index is 584. The van der Waals surface area contributed by atoms with Gasteiger partial charge in [0.05, 0.1) is 4.92 Å². The number of oxazole rings is 1. The van der Waals surface area contributed by atoms with Crippen molar-refractivity contribution in [3.63, 3.8) is 0 Å². The van der Waals surface area contributed by atoms with Gasteiger partial charge < -0.3 is 9.73 Å². The van der Waals surface area contributed by atoms with Crippen LogP contribution in [0.2, 0.25) is 0 Å². The number of aromatic nitrogens is 1. The molecule has 0 saturated carbocycles. The van der Waals surface area contributed by atoms with Gasteiger partial charge >= 0.3 is 0 Å². The van der Waals surface area contributed by atoms with Crippen molar-refractivity contribution >= 4 is 22.8 Å². The number of nitro groups is 1. The molecule has 96 valence electrons. The second kappa shape index (κ2) is 4.29. The molecule has 0 aliphatic carbocycles. The molecule has 0 aliphatic rings. The molecule has 1 aromatic heterocycles. The van der Waals surface area contributed by atoms with Crippen LogP contribution in [0.3, 0.4) is 0 Å². The summed E-state index contributed by atoms with van der Waals surface area (Å²) in [6, 6.07) is 4.98. The van der Waals surface area contributed by atoms with E-state index in [1.54, 1.807) is 12.1 Å². The lowest BCUT2D eigenvalue weighted by atomic mass is 9.97. The minimum atomic E-state index is -0.460. The first-order valence-electron chi connectivity index (χ1n) is 5.65. The van der Waals surface area contributed by atoms with Crippen molar-refractivity contribution in [1.29, 1.82) is 0 Å². The van der Waals surface area contributed by atoms with Gasteiger partial charge in [-0.3, -0.25) is 10.1 Å². The predicted molar refractivity (Wildman–Crippen MR) is 68.6 cm³/mol. The van der Waals surface area contributed by atoms with Crippen molar-refractivity contribution in [3.8, 4) is 0 Å². The molecule has 0 unspecified atom stereocenters. The zero-order chi connectivity index (χ0) is 13.3. The Kier molecular flexibility index (Phi) is 2.94. The van der Waals surface area contributed by atoms with Gasteiger partial charge in [-0.05, 0) is 11.5 Å². The molecule has 2 rings (SSSR count). The van der Waals surface area contributed by atoms with E-state index in [-0.39, 0.29) is 16.6 Å². The van der Waals surface area contributed by atoms with Gasteiger partial charge in [-0.1, -0.05) is 26.8 Å². The lowest BCUT2D eigenvalue weighted by Crippen LogP contribution is -2.19. The topological polar surface area (TPSA) is 81.2 Å². The highest BCUT2D eigenvalue weighted by Crippen LogP contribution is 2.27. The number of hydrogen-bond donors (Lipinski definition) is 1. The van der Waals surface area contributed by atoms with Crippen LogP contribution in [0.4, 0.5) is 11.7 Å². The van der Waals surface area contributed by atoms with Gasteiger partial charge in [-0.15, -0.1) is 0 Å². The summed E-state index contributed by atoms with van der Waals surface area (Å²) >= 11 is 0. The van der Waals surface area contributed by atoms with Crippen molar-refractivity contribution in [1.82, 2.24) is 4.98 Å². The Morgan fingerprint density at radius 3 is 2.78 bits per heavy atom. The van der Waals surface area contributed by atoms with Crippen molar-refractivity contribution in [3.05, 3.63) is 28.3 Å². The third-order valence-electron chi connectivity index (χ3n) is 2.36. The van der Waals surface area contributed by atoms with Crippen LogP contribution in [0.15, 0.2) is 22.6 Å². The second-order valence-electron chi connectivity index (χ2n) is 5.31. The number of fused-ring (bicyclic) bond motifs is 1. The average molecular weight is 249 g/mol. The van der Waals surface area contributed by atoms with Gasteiger partial charge in [0.2, 0.25) is 0 Å². The second-order valence-corrected chi connectivity index (χ2v) is 5.31. The molecular weight excluding hydrogens is 234 g/mol. The van der Waals surface area contributed by atoms with Gasteiger partial charge in [-0.2, -0.15) is 4.98 Å². The highest BCUT2D eigenvalue weighted by molar-refractivity contribution is 5.83. The number of non-ortho nitro benzene ring substituents is 1. The Morgan fingerprint density at radius 1 is 1.44 bits per heavy atom. The summed E-state index contributed by atoms with van der Waals surface area (Å²) in [4.78, 5) is 14.5. The molecule has 1 N–H and O–H groups in total. The first kappa shape index (κ1) is 12.3. The van der Waals surface area contributed by atoms with Gasteiger partial charge in [0.1, 0.15) is 0 Å². The van der Waals surface area contributed by atoms with E-state index >= 15 is 0 Å². The van der Waals surface area contributed by atoms with Gasteiger partial charge in [0.15, 0.2) is 11.1 Å². The largest absolute Gasteiger partial charge is 0.423 e. The van der Waals surface area contributed by atoms with Crippen LogP contribution in [0.5, 0.6) is 0 Å². The van der Waals surface area contributed by atoms with Gasteiger partial charge in [0.25, 0.3) is 11.7 Å². The lowest BCUT2D eigenvalue weighted by molar-refractivity contribution is -0.383. The number of benzene rings is 1. The van der Waals surface area contributed by atoms with Gasteiger partial charge in [-0.25, -0.2) is 0 Å². The number of nitrogens with zero attached hydrogens (tertiary/aromatic N) is 2. The van der Waals surface area contributed by atoms with Crippen LogP contribution in [-0.2, 0) is 0 Å². The summed E-state index contributed by atoms with van der Waals surface area (Å²) < 4.78 is 5.43. The smallest absolute Gasteiger partial charge is 0.298 e. The molecule has 0 atom stereocenters. The van der Waals surface area contributed by atoms with E-state index in [0.717, 1.165) is 0 Å². The molecule has 18 heavy (non-hydrogen) atoms. The van der Waals surface area contributed by atoms with E-state index in [2.05, 4.69) is 31.1 Å². The van der Waals surface area contributed by atoms with E-state index in [9.17, 15) is 10.1 Å². The third kappa shape index (κ3) is 2.58. The van der Waals surface area contributed by atoms with Crippen LogP contribution < -0.4 is 5.32 Å². The van der Waals surface area contributed by atoms with E-state index in [4.69, 9.17) is 4.42 Å². The zero-order valence-electron chi connectivity index (χ0n) is 10.6. The lowest BCUT2D eigenvalue weighted by Gasteiger charge is -2.17. The molecular formula is C12H15N3O3. The first-order valence-corrected chi connectivity index (χ1v) is 5.65. The van der Waals surface area contributed by atoms with Crippen molar-refractivity contribution in [2.75, 3.05) is 11.9 Å². The van der Waals surface area contributed by atoms with E-state index in [1.807, 2.05) is 0 Å². The molecule has 6 nitrogen and oxygen atoms in total. The molecule has 1 heterocycles. The van der Waals surface area contributed by atoms with Crippen molar-refractivity contribution < 1.29 is 9.34 Å². The average Bonchev–Trinajstić information content (AvgIpc) is 2.67. The van der Waals surface area contributed by atoms with E-state index in [0.29, 0.717) is 18.1 Å². The molecule has 1 aromatic carbocycles. The Hall–Kier alpha value is -2.11. The SMILES string of the molecule is CC(C)(C)CNc1nc2c([N+](=O)[O-])cccc2o1. The summed E-state index contributed by atoms with van der Waals surface area (Å²) in [6.07, 6.45) is 0. The minimum absolute atomic E-state index is 0.0416. The zero-order valence-corrected chi connectivity index (χ0v) is 10.6. The van der Waals surface area contributed by atoms with Gasteiger partial charge in [0, 0.05) is 12.6 Å². The quantitative estimate of drug-likeness (QED) is 0.667. The number of para-hydroxylation sites is 1. The van der Waals surface area contributed by atoms with Crippen molar-refractivity contribution in [2.45, 2.75) is 20.8 Å². The van der Waals surface area contributed by atoms with E-state index in [1.165, 1.54) is 6.07 Å². The van der Waals surface area contributed by atoms with Crippen LogP contribution >= 0.6 is 0 Å². The summed E-state index contributed by atoms with van der Waals surface area (Å²) in [5.41, 5.74) is 0.728.